The third kappa shape index (κ3) is 1.71. The van der Waals surface area contributed by atoms with Crippen LogP contribution in [0, 0.1) is 6.92 Å². The van der Waals surface area contributed by atoms with E-state index in [2.05, 4.69) is 4.98 Å². The molecule has 17 heavy (non-hydrogen) atoms. The van der Waals surface area contributed by atoms with Crippen molar-refractivity contribution in [1.29, 1.82) is 0 Å². The van der Waals surface area contributed by atoms with Gasteiger partial charge in [0.25, 0.3) is 0 Å². The molecule has 3 heterocycles. The van der Waals surface area contributed by atoms with Gasteiger partial charge in [0, 0.05) is 11.9 Å². The summed E-state index contributed by atoms with van der Waals surface area (Å²) in [5.74, 6) is 1.72. The second-order valence-corrected chi connectivity index (χ2v) is 5.28. The molecule has 0 unspecified atom stereocenters. The Morgan fingerprint density at radius 3 is 2.82 bits per heavy atom. The Morgan fingerprint density at radius 1 is 1.47 bits per heavy atom. The van der Waals surface area contributed by atoms with E-state index in [9.17, 15) is 0 Å². The van der Waals surface area contributed by atoms with Gasteiger partial charge in [-0.25, -0.2) is 4.98 Å². The molecule has 1 aliphatic heterocycles. The van der Waals surface area contributed by atoms with Crippen molar-refractivity contribution in [3.8, 4) is 11.5 Å². The number of nitrogens with zero attached hydrogens (tertiary/aromatic N) is 1. The quantitative estimate of drug-likeness (QED) is 0.904. The third-order valence-electron chi connectivity index (χ3n) is 3.10. The molecule has 1 saturated heterocycles. The maximum Gasteiger partial charge on any atom is 0.153 e. The number of ether oxygens (including phenoxy) is 1. The van der Waals surface area contributed by atoms with Crippen molar-refractivity contribution in [2.45, 2.75) is 12.3 Å². The highest BCUT2D eigenvalue weighted by atomic mass is 32.1. The fourth-order valence-electron chi connectivity index (χ4n) is 1.88. The number of aromatic nitrogens is 1. The molecule has 1 aliphatic rings. The molecule has 0 bridgehead atoms. The van der Waals surface area contributed by atoms with Gasteiger partial charge in [-0.2, -0.15) is 0 Å². The van der Waals surface area contributed by atoms with Crippen molar-refractivity contribution in [2.75, 3.05) is 19.8 Å². The third-order valence-corrected chi connectivity index (χ3v) is 4.19. The van der Waals surface area contributed by atoms with E-state index in [1.54, 1.807) is 11.3 Å². The first-order valence-electron chi connectivity index (χ1n) is 5.54. The van der Waals surface area contributed by atoms with Gasteiger partial charge in [0.1, 0.15) is 16.5 Å². The maximum absolute atomic E-state index is 5.82. The summed E-state index contributed by atoms with van der Waals surface area (Å²) >= 11 is 1.63. The largest absolute Gasteiger partial charge is 0.460 e. The SMILES string of the molecule is Cc1ccc(-c2csc(C3(CN)COC3)n2)o1. The molecule has 2 aromatic rings. The zero-order valence-corrected chi connectivity index (χ0v) is 10.4. The van der Waals surface area contributed by atoms with Crippen LogP contribution in [0.25, 0.3) is 11.5 Å². The number of furan rings is 1. The van der Waals surface area contributed by atoms with Crippen molar-refractivity contribution in [3.05, 3.63) is 28.3 Å². The summed E-state index contributed by atoms with van der Waals surface area (Å²) in [5, 5.41) is 3.07. The van der Waals surface area contributed by atoms with Crippen molar-refractivity contribution in [2.24, 2.45) is 5.73 Å². The van der Waals surface area contributed by atoms with E-state index < -0.39 is 0 Å². The highest BCUT2D eigenvalue weighted by Gasteiger charge is 2.41. The molecule has 2 N–H and O–H groups in total. The van der Waals surface area contributed by atoms with Gasteiger partial charge in [-0.3, -0.25) is 0 Å². The topological polar surface area (TPSA) is 61.3 Å². The van der Waals surface area contributed by atoms with E-state index in [0.717, 1.165) is 22.2 Å². The zero-order valence-electron chi connectivity index (χ0n) is 9.60. The molecule has 0 saturated carbocycles. The maximum atomic E-state index is 5.82. The van der Waals surface area contributed by atoms with Gasteiger partial charge in [-0.15, -0.1) is 11.3 Å². The van der Waals surface area contributed by atoms with E-state index in [1.807, 2.05) is 24.4 Å². The predicted octanol–water partition coefficient (Wildman–Crippen LogP) is 1.94. The van der Waals surface area contributed by atoms with E-state index >= 15 is 0 Å². The first-order chi connectivity index (χ1) is 8.23. The zero-order chi connectivity index (χ0) is 11.9. The van der Waals surface area contributed by atoms with Crippen LogP contribution in [-0.2, 0) is 10.2 Å². The lowest BCUT2D eigenvalue weighted by Gasteiger charge is -2.38. The fourth-order valence-corrected chi connectivity index (χ4v) is 2.87. The highest BCUT2D eigenvalue weighted by molar-refractivity contribution is 7.10. The summed E-state index contributed by atoms with van der Waals surface area (Å²) < 4.78 is 10.8. The van der Waals surface area contributed by atoms with Gasteiger partial charge in [-0.05, 0) is 19.1 Å². The molecular formula is C12H14N2O2S. The van der Waals surface area contributed by atoms with E-state index in [-0.39, 0.29) is 5.41 Å². The highest BCUT2D eigenvalue weighted by Crippen LogP contribution is 2.35. The molecule has 3 rings (SSSR count). The smallest absolute Gasteiger partial charge is 0.153 e. The molecule has 4 nitrogen and oxygen atoms in total. The fraction of sp³-hybridized carbons (Fsp3) is 0.417. The molecule has 90 valence electrons. The summed E-state index contributed by atoms with van der Waals surface area (Å²) in [7, 11) is 0. The van der Waals surface area contributed by atoms with Crippen molar-refractivity contribution < 1.29 is 9.15 Å². The normalized spacial score (nSPS) is 18.0. The van der Waals surface area contributed by atoms with Gasteiger partial charge in [0.15, 0.2) is 5.76 Å². The Kier molecular flexibility index (Phi) is 2.54. The van der Waals surface area contributed by atoms with Gasteiger partial charge in [-0.1, -0.05) is 0 Å². The van der Waals surface area contributed by atoms with Crippen molar-refractivity contribution >= 4 is 11.3 Å². The lowest BCUT2D eigenvalue weighted by molar-refractivity contribution is -0.0550. The lowest BCUT2D eigenvalue weighted by Crippen LogP contribution is -2.52. The molecule has 0 radical (unpaired) electrons. The number of nitrogens with two attached hydrogens (primary N) is 1. The molecule has 0 aliphatic carbocycles. The minimum Gasteiger partial charge on any atom is -0.460 e. The Balaban J connectivity index is 1.92. The minimum atomic E-state index is -0.0649. The minimum absolute atomic E-state index is 0.0649. The number of hydrogen-bond donors (Lipinski definition) is 1. The summed E-state index contributed by atoms with van der Waals surface area (Å²) in [4.78, 5) is 4.62. The average molecular weight is 250 g/mol. The summed E-state index contributed by atoms with van der Waals surface area (Å²) in [5.41, 5.74) is 6.64. The van der Waals surface area contributed by atoms with Crippen LogP contribution >= 0.6 is 11.3 Å². The van der Waals surface area contributed by atoms with E-state index in [0.29, 0.717) is 19.8 Å². The van der Waals surface area contributed by atoms with Gasteiger partial charge < -0.3 is 14.9 Å². The summed E-state index contributed by atoms with van der Waals surface area (Å²) in [6.45, 7) is 3.86. The van der Waals surface area contributed by atoms with E-state index in [4.69, 9.17) is 14.9 Å². The molecule has 0 spiro atoms. The molecule has 0 aromatic carbocycles. The molecule has 2 aromatic heterocycles. The summed E-state index contributed by atoms with van der Waals surface area (Å²) in [6.07, 6.45) is 0. The Bertz CT molecular complexity index is 523. The van der Waals surface area contributed by atoms with Crippen LogP contribution in [-0.4, -0.2) is 24.7 Å². The number of aryl methyl sites for hydroxylation is 1. The van der Waals surface area contributed by atoms with Crippen LogP contribution in [0.1, 0.15) is 10.8 Å². The predicted molar refractivity (Wildman–Crippen MR) is 66.1 cm³/mol. The molecule has 5 heteroatoms. The van der Waals surface area contributed by atoms with Crippen LogP contribution in [0.3, 0.4) is 0 Å². The first kappa shape index (κ1) is 11.0. The van der Waals surface area contributed by atoms with Crippen molar-refractivity contribution in [1.82, 2.24) is 4.98 Å². The molecule has 1 fully saturated rings. The second-order valence-electron chi connectivity index (χ2n) is 4.43. The monoisotopic (exact) mass is 250 g/mol. The first-order valence-corrected chi connectivity index (χ1v) is 6.42. The van der Waals surface area contributed by atoms with Gasteiger partial charge in [0.05, 0.1) is 18.6 Å². The van der Waals surface area contributed by atoms with Crippen LogP contribution in [0.2, 0.25) is 0 Å². The Hall–Kier alpha value is -1.17. The van der Waals surface area contributed by atoms with Crippen molar-refractivity contribution in [3.63, 3.8) is 0 Å². The van der Waals surface area contributed by atoms with Gasteiger partial charge in [0.2, 0.25) is 0 Å². The Morgan fingerprint density at radius 2 is 2.29 bits per heavy atom. The number of hydrogen-bond acceptors (Lipinski definition) is 5. The summed E-state index contributed by atoms with van der Waals surface area (Å²) in [6, 6.07) is 3.89. The van der Waals surface area contributed by atoms with Crippen LogP contribution in [0.15, 0.2) is 21.9 Å². The second kappa shape index (κ2) is 3.94. The van der Waals surface area contributed by atoms with Crippen LogP contribution < -0.4 is 5.73 Å². The lowest BCUT2D eigenvalue weighted by atomic mass is 9.87. The van der Waals surface area contributed by atoms with Crippen LogP contribution in [0.4, 0.5) is 0 Å². The van der Waals surface area contributed by atoms with E-state index in [1.165, 1.54) is 0 Å². The molecular weight excluding hydrogens is 236 g/mol. The van der Waals surface area contributed by atoms with Crippen LogP contribution in [0.5, 0.6) is 0 Å². The average Bonchev–Trinajstić information content (AvgIpc) is 2.86. The molecule has 0 atom stereocenters. The number of rotatable bonds is 3. The van der Waals surface area contributed by atoms with Gasteiger partial charge >= 0.3 is 0 Å². The standard InChI is InChI=1S/C12H14N2O2S/c1-8-2-3-10(16-8)9-4-17-11(14-9)12(5-13)6-15-7-12/h2-4H,5-7,13H2,1H3. The number of thiazole rings is 1. The molecule has 0 amide bonds. The Labute approximate surface area is 103 Å².